The largest absolute Gasteiger partial charge is 0.353 e. The zero-order valence-electron chi connectivity index (χ0n) is 9.01. The van der Waals surface area contributed by atoms with Crippen LogP contribution in [0.15, 0.2) is 48.8 Å². The van der Waals surface area contributed by atoms with Crippen LogP contribution in [0.3, 0.4) is 0 Å². The maximum absolute atomic E-state index is 8.75. The number of hydrogen-bond donors (Lipinski definition) is 1. The molecule has 80 valence electrons. The Morgan fingerprint density at radius 1 is 1.12 bits per heavy atom. The molecule has 0 spiro atoms. The Hall–Kier alpha value is -2.60. The maximum atomic E-state index is 8.75. The van der Waals surface area contributed by atoms with Gasteiger partial charge in [0, 0.05) is 17.3 Å². The molecule has 0 radical (unpaired) electrons. The van der Waals surface area contributed by atoms with Crippen LogP contribution in [0, 0.1) is 11.3 Å². The summed E-state index contributed by atoms with van der Waals surface area (Å²) in [4.78, 5) is 7.38. The van der Waals surface area contributed by atoms with Crippen molar-refractivity contribution in [3.05, 3.63) is 54.4 Å². The molecule has 2 aromatic heterocycles. The fraction of sp³-hybridized carbons (Fsp3) is 0. The summed E-state index contributed by atoms with van der Waals surface area (Å²) in [7, 11) is 0. The van der Waals surface area contributed by atoms with Crippen molar-refractivity contribution in [2.24, 2.45) is 0 Å². The van der Waals surface area contributed by atoms with Gasteiger partial charge in [0.15, 0.2) is 0 Å². The minimum Gasteiger partial charge on any atom is -0.353 e. The molecule has 3 nitrogen and oxygen atoms in total. The van der Waals surface area contributed by atoms with E-state index in [9.17, 15) is 0 Å². The average Bonchev–Trinajstić information content (AvgIpc) is 2.82. The van der Waals surface area contributed by atoms with E-state index in [-0.39, 0.29) is 0 Å². The van der Waals surface area contributed by atoms with Gasteiger partial charge in [-0.25, -0.2) is 0 Å². The molecule has 1 N–H and O–H groups in total. The van der Waals surface area contributed by atoms with Gasteiger partial charge in [0.2, 0.25) is 0 Å². The number of aromatic amines is 1. The Morgan fingerprint density at radius 3 is 2.65 bits per heavy atom. The van der Waals surface area contributed by atoms with Gasteiger partial charge in [-0.3, -0.25) is 4.98 Å². The lowest BCUT2D eigenvalue weighted by atomic mass is 10.1. The van der Waals surface area contributed by atoms with Gasteiger partial charge in [-0.2, -0.15) is 5.26 Å². The molecular weight excluding hydrogens is 210 g/mol. The van der Waals surface area contributed by atoms with Crippen LogP contribution < -0.4 is 0 Å². The third-order valence-electron chi connectivity index (χ3n) is 2.75. The summed E-state index contributed by atoms with van der Waals surface area (Å²) in [5.74, 6) is 0. The molecule has 0 amide bonds. The lowest BCUT2D eigenvalue weighted by Crippen LogP contribution is -1.78. The van der Waals surface area contributed by atoms with Crippen molar-refractivity contribution < 1.29 is 0 Å². The van der Waals surface area contributed by atoms with E-state index in [1.807, 2.05) is 36.5 Å². The normalized spacial score (nSPS) is 10.3. The first-order valence-corrected chi connectivity index (χ1v) is 5.30. The predicted octanol–water partition coefficient (Wildman–Crippen LogP) is 3.10. The molecule has 3 aromatic rings. The quantitative estimate of drug-likeness (QED) is 0.683. The summed E-state index contributed by atoms with van der Waals surface area (Å²) in [6.45, 7) is 0. The molecule has 17 heavy (non-hydrogen) atoms. The number of H-pyrrole nitrogens is 1. The van der Waals surface area contributed by atoms with Crippen molar-refractivity contribution >= 4 is 10.9 Å². The highest BCUT2D eigenvalue weighted by atomic mass is 14.7. The zero-order chi connectivity index (χ0) is 11.7. The molecule has 0 saturated carbocycles. The van der Waals surface area contributed by atoms with Crippen molar-refractivity contribution in [3.63, 3.8) is 0 Å². The molecular formula is C14H9N3. The molecule has 0 aliphatic carbocycles. The highest BCUT2D eigenvalue weighted by Crippen LogP contribution is 2.23. The van der Waals surface area contributed by atoms with Crippen LogP contribution >= 0.6 is 0 Å². The van der Waals surface area contributed by atoms with Gasteiger partial charge in [-0.1, -0.05) is 12.1 Å². The van der Waals surface area contributed by atoms with Gasteiger partial charge < -0.3 is 4.98 Å². The van der Waals surface area contributed by atoms with E-state index in [2.05, 4.69) is 22.1 Å². The number of nitriles is 1. The second kappa shape index (κ2) is 3.76. The molecule has 0 aliphatic heterocycles. The van der Waals surface area contributed by atoms with Crippen LogP contribution in [0.1, 0.15) is 5.56 Å². The van der Waals surface area contributed by atoms with Crippen molar-refractivity contribution in [3.8, 4) is 17.3 Å². The van der Waals surface area contributed by atoms with E-state index >= 15 is 0 Å². The number of benzene rings is 1. The van der Waals surface area contributed by atoms with Crippen molar-refractivity contribution in [2.45, 2.75) is 0 Å². The molecule has 2 heterocycles. The first kappa shape index (κ1) is 9.61. The van der Waals surface area contributed by atoms with Crippen LogP contribution in [0.2, 0.25) is 0 Å². The standard InChI is InChI=1S/C14H9N3/c15-8-10-1-3-11(4-2-10)13-7-12-5-6-16-9-14(12)17-13/h1-7,9,17H. The smallest absolute Gasteiger partial charge is 0.0991 e. The van der Waals surface area contributed by atoms with Crippen LogP contribution in [0.25, 0.3) is 22.2 Å². The summed E-state index contributed by atoms with van der Waals surface area (Å²) < 4.78 is 0. The number of hydrogen-bond acceptors (Lipinski definition) is 2. The van der Waals surface area contributed by atoms with Crippen molar-refractivity contribution in [2.75, 3.05) is 0 Å². The fourth-order valence-electron chi connectivity index (χ4n) is 1.85. The maximum Gasteiger partial charge on any atom is 0.0991 e. The molecule has 1 aromatic carbocycles. The number of nitrogens with one attached hydrogen (secondary N) is 1. The van der Waals surface area contributed by atoms with Crippen LogP contribution in [-0.4, -0.2) is 9.97 Å². The molecule has 0 aliphatic rings. The molecule has 0 fully saturated rings. The van der Waals surface area contributed by atoms with Gasteiger partial charge in [-0.15, -0.1) is 0 Å². The number of aromatic nitrogens is 2. The molecule has 0 atom stereocenters. The Bertz CT molecular complexity index is 669. The Morgan fingerprint density at radius 2 is 1.94 bits per heavy atom. The summed E-state index contributed by atoms with van der Waals surface area (Å²) in [5, 5.41) is 9.89. The van der Waals surface area contributed by atoms with Crippen LogP contribution in [0.4, 0.5) is 0 Å². The molecule has 0 saturated heterocycles. The van der Waals surface area contributed by atoms with Crippen LogP contribution in [0.5, 0.6) is 0 Å². The summed E-state index contributed by atoms with van der Waals surface area (Å²) in [6.07, 6.45) is 3.58. The first-order chi connectivity index (χ1) is 8.36. The third-order valence-corrected chi connectivity index (χ3v) is 2.75. The van der Waals surface area contributed by atoms with E-state index in [0.717, 1.165) is 22.2 Å². The highest BCUT2D eigenvalue weighted by Gasteiger charge is 2.02. The predicted molar refractivity (Wildman–Crippen MR) is 66.2 cm³/mol. The first-order valence-electron chi connectivity index (χ1n) is 5.30. The topological polar surface area (TPSA) is 52.5 Å². The summed E-state index contributed by atoms with van der Waals surface area (Å²) >= 11 is 0. The second-order valence-corrected chi connectivity index (χ2v) is 3.84. The molecule has 0 unspecified atom stereocenters. The van der Waals surface area contributed by atoms with E-state index in [4.69, 9.17) is 5.26 Å². The van der Waals surface area contributed by atoms with Crippen molar-refractivity contribution in [1.82, 2.24) is 9.97 Å². The van der Waals surface area contributed by atoms with Crippen molar-refractivity contribution in [1.29, 1.82) is 5.26 Å². The van der Waals surface area contributed by atoms with E-state index in [0.29, 0.717) is 5.56 Å². The van der Waals surface area contributed by atoms with Gasteiger partial charge in [0.05, 0.1) is 23.3 Å². The number of nitrogens with zero attached hydrogens (tertiary/aromatic N) is 2. The minimum absolute atomic E-state index is 0.673. The monoisotopic (exact) mass is 219 g/mol. The summed E-state index contributed by atoms with van der Waals surface area (Å²) in [5.41, 5.74) is 3.80. The SMILES string of the molecule is N#Cc1ccc(-c2cc3ccncc3[nH]2)cc1. The lowest BCUT2D eigenvalue weighted by Gasteiger charge is -1.96. The van der Waals surface area contributed by atoms with E-state index in [1.165, 1.54) is 0 Å². The molecule has 3 heteroatoms. The van der Waals surface area contributed by atoms with Gasteiger partial charge in [0.1, 0.15) is 0 Å². The van der Waals surface area contributed by atoms with E-state index in [1.54, 1.807) is 6.20 Å². The van der Waals surface area contributed by atoms with Crippen LogP contribution in [-0.2, 0) is 0 Å². The molecule has 0 bridgehead atoms. The average molecular weight is 219 g/mol. The third kappa shape index (κ3) is 1.66. The number of fused-ring (bicyclic) bond motifs is 1. The second-order valence-electron chi connectivity index (χ2n) is 3.84. The number of pyridine rings is 1. The van der Waals surface area contributed by atoms with Gasteiger partial charge in [-0.05, 0) is 29.8 Å². The number of rotatable bonds is 1. The van der Waals surface area contributed by atoms with Gasteiger partial charge >= 0.3 is 0 Å². The Labute approximate surface area is 98.4 Å². The summed E-state index contributed by atoms with van der Waals surface area (Å²) in [6, 6.07) is 13.7. The Balaban J connectivity index is 2.11. The molecule has 3 rings (SSSR count). The minimum atomic E-state index is 0.673. The Kier molecular flexibility index (Phi) is 2.13. The van der Waals surface area contributed by atoms with Gasteiger partial charge in [0.25, 0.3) is 0 Å². The zero-order valence-corrected chi connectivity index (χ0v) is 9.01. The fourth-order valence-corrected chi connectivity index (χ4v) is 1.85. The lowest BCUT2D eigenvalue weighted by molar-refractivity contribution is 1.34. The van der Waals surface area contributed by atoms with E-state index < -0.39 is 0 Å². The highest BCUT2D eigenvalue weighted by molar-refractivity contribution is 5.85.